The standard InChI is InChI=1S/C15H15FN2OS/c1-9-13(14(19)18-12-3-2-4-12)20-15(17-9)10-5-7-11(16)8-6-10/h5-8,12H,2-4H2,1H3,(H,18,19). The van der Waals surface area contributed by atoms with Crippen molar-refractivity contribution in [2.24, 2.45) is 0 Å². The van der Waals surface area contributed by atoms with Gasteiger partial charge in [0.15, 0.2) is 0 Å². The Morgan fingerprint density at radius 2 is 2.05 bits per heavy atom. The number of hydrogen-bond donors (Lipinski definition) is 1. The molecule has 1 saturated carbocycles. The third-order valence-electron chi connectivity index (χ3n) is 3.53. The molecule has 1 heterocycles. The molecule has 0 bridgehead atoms. The van der Waals surface area contributed by atoms with Crippen molar-refractivity contribution in [2.75, 3.05) is 0 Å². The SMILES string of the molecule is Cc1nc(-c2ccc(F)cc2)sc1C(=O)NC1CCC1. The molecule has 3 rings (SSSR count). The molecule has 5 heteroatoms. The van der Waals surface area contributed by atoms with Crippen molar-refractivity contribution >= 4 is 17.2 Å². The van der Waals surface area contributed by atoms with Gasteiger partial charge in [-0.25, -0.2) is 9.37 Å². The Bertz CT molecular complexity index is 632. The normalized spacial score (nSPS) is 14.9. The second-order valence-corrected chi connectivity index (χ2v) is 6.04. The number of thiazole rings is 1. The van der Waals surface area contributed by atoms with Crippen molar-refractivity contribution in [3.8, 4) is 10.6 Å². The summed E-state index contributed by atoms with van der Waals surface area (Å²) in [5.74, 6) is -0.317. The van der Waals surface area contributed by atoms with Gasteiger partial charge in [-0.1, -0.05) is 0 Å². The zero-order valence-corrected chi connectivity index (χ0v) is 12.0. The summed E-state index contributed by atoms with van der Waals surface area (Å²) in [6.45, 7) is 1.83. The smallest absolute Gasteiger partial charge is 0.263 e. The fraction of sp³-hybridized carbons (Fsp3) is 0.333. The van der Waals surface area contributed by atoms with Crippen LogP contribution in [0, 0.1) is 12.7 Å². The highest BCUT2D eigenvalue weighted by Gasteiger charge is 2.23. The van der Waals surface area contributed by atoms with Gasteiger partial charge in [-0.3, -0.25) is 4.79 Å². The number of hydrogen-bond acceptors (Lipinski definition) is 3. The number of benzene rings is 1. The zero-order valence-electron chi connectivity index (χ0n) is 11.1. The van der Waals surface area contributed by atoms with Gasteiger partial charge in [-0.05, 0) is 50.5 Å². The predicted molar refractivity (Wildman–Crippen MR) is 77.4 cm³/mol. The summed E-state index contributed by atoms with van der Waals surface area (Å²) in [6, 6.07) is 6.49. The Morgan fingerprint density at radius 1 is 1.35 bits per heavy atom. The van der Waals surface area contributed by atoms with E-state index < -0.39 is 0 Å². The van der Waals surface area contributed by atoms with Crippen LogP contribution in [0.3, 0.4) is 0 Å². The van der Waals surface area contributed by atoms with Crippen LogP contribution in [-0.4, -0.2) is 16.9 Å². The van der Waals surface area contributed by atoms with Crippen LogP contribution in [0.5, 0.6) is 0 Å². The van der Waals surface area contributed by atoms with Crippen LogP contribution >= 0.6 is 11.3 Å². The van der Waals surface area contributed by atoms with E-state index in [0.717, 1.165) is 29.1 Å². The number of halogens is 1. The van der Waals surface area contributed by atoms with E-state index in [0.29, 0.717) is 10.9 Å². The summed E-state index contributed by atoms with van der Waals surface area (Å²) in [7, 11) is 0. The first-order valence-corrected chi connectivity index (χ1v) is 7.49. The zero-order chi connectivity index (χ0) is 14.1. The summed E-state index contributed by atoms with van der Waals surface area (Å²) in [4.78, 5) is 17.2. The van der Waals surface area contributed by atoms with Crippen LogP contribution in [-0.2, 0) is 0 Å². The minimum Gasteiger partial charge on any atom is -0.349 e. The topological polar surface area (TPSA) is 42.0 Å². The Balaban J connectivity index is 1.82. The molecule has 2 aromatic rings. The Morgan fingerprint density at radius 3 is 2.65 bits per heavy atom. The van der Waals surface area contributed by atoms with Gasteiger partial charge in [0.1, 0.15) is 15.7 Å². The van der Waals surface area contributed by atoms with E-state index >= 15 is 0 Å². The van der Waals surface area contributed by atoms with Gasteiger partial charge in [0, 0.05) is 11.6 Å². The largest absolute Gasteiger partial charge is 0.349 e. The molecule has 0 saturated heterocycles. The molecule has 0 unspecified atom stereocenters. The maximum absolute atomic E-state index is 12.9. The highest BCUT2D eigenvalue weighted by molar-refractivity contribution is 7.17. The van der Waals surface area contributed by atoms with Crippen LogP contribution in [0.4, 0.5) is 4.39 Å². The van der Waals surface area contributed by atoms with Gasteiger partial charge >= 0.3 is 0 Å². The van der Waals surface area contributed by atoms with E-state index in [-0.39, 0.29) is 11.7 Å². The average Bonchev–Trinajstić information content (AvgIpc) is 2.77. The number of carbonyl (C=O) groups is 1. The van der Waals surface area contributed by atoms with Crippen LogP contribution in [0.25, 0.3) is 10.6 Å². The molecule has 0 atom stereocenters. The average molecular weight is 290 g/mol. The summed E-state index contributed by atoms with van der Waals surface area (Å²) in [6.07, 6.45) is 3.32. The first-order valence-electron chi connectivity index (χ1n) is 6.68. The number of nitrogens with zero attached hydrogens (tertiary/aromatic N) is 1. The number of rotatable bonds is 3. The van der Waals surface area contributed by atoms with E-state index in [1.54, 1.807) is 12.1 Å². The summed E-state index contributed by atoms with van der Waals surface area (Å²) in [5.41, 5.74) is 1.56. The number of aryl methyl sites for hydroxylation is 1. The van der Waals surface area contributed by atoms with Crippen LogP contribution in [0.2, 0.25) is 0 Å². The minimum atomic E-state index is -0.273. The molecule has 0 spiro atoms. The Labute approximate surface area is 120 Å². The first-order chi connectivity index (χ1) is 9.63. The van der Waals surface area contributed by atoms with E-state index in [1.807, 2.05) is 6.92 Å². The maximum atomic E-state index is 12.9. The molecule has 1 aliphatic carbocycles. The summed E-state index contributed by atoms with van der Waals surface area (Å²) >= 11 is 1.36. The van der Waals surface area contributed by atoms with E-state index in [9.17, 15) is 9.18 Å². The van der Waals surface area contributed by atoms with Crippen LogP contribution in [0.15, 0.2) is 24.3 Å². The van der Waals surface area contributed by atoms with Crippen molar-refractivity contribution in [3.05, 3.63) is 40.7 Å². The number of carbonyl (C=O) groups excluding carboxylic acids is 1. The van der Waals surface area contributed by atoms with Crippen LogP contribution in [0.1, 0.15) is 34.6 Å². The molecule has 104 valence electrons. The fourth-order valence-corrected chi connectivity index (χ4v) is 3.10. The second-order valence-electron chi connectivity index (χ2n) is 5.04. The predicted octanol–water partition coefficient (Wildman–Crippen LogP) is 3.54. The summed E-state index contributed by atoms with van der Waals surface area (Å²) in [5, 5.41) is 3.77. The van der Waals surface area contributed by atoms with E-state index in [1.165, 1.54) is 29.9 Å². The van der Waals surface area contributed by atoms with Crippen molar-refractivity contribution in [1.29, 1.82) is 0 Å². The Kier molecular flexibility index (Phi) is 3.53. The van der Waals surface area contributed by atoms with Gasteiger partial charge in [0.25, 0.3) is 5.91 Å². The van der Waals surface area contributed by atoms with Gasteiger partial charge in [0.05, 0.1) is 5.69 Å². The fourth-order valence-electron chi connectivity index (χ4n) is 2.13. The van der Waals surface area contributed by atoms with Crippen molar-refractivity contribution < 1.29 is 9.18 Å². The lowest BCUT2D eigenvalue weighted by molar-refractivity contribution is 0.0920. The molecule has 0 aliphatic heterocycles. The molecule has 1 aromatic carbocycles. The Hall–Kier alpha value is -1.75. The van der Waals surface area contributed by atoms with Crippen molar-refractivity contribution in [3.63, 3.8) is 0 Å². The molecule has 1 amide bonds. The lowest BCUT2D eigenvalue weighted by Gasteiger charge is -2.26. The van der Waals surface area contributed by atoms with Gasteiger partial charge in [0.2, 0.25) is 0 Å². The highest BCUT2D eigenvalue weighted by atomic mass is 32.1. The summed E-state index contributed by atoms with van der Waals surface area (Å²) < 4.78 is 12.9. The van der Waals surface area contributed by atoms with Crippen molar-refractivity contribution in [2.45, 2.75) is 32.2 Å². The third kappa shape index (κ3) is 2.58. The monoisotopic (exact) mass is 290 g/mol. The van der Waals surface area contributed by atoms with Gasteiger partial charge in [-0.15, -0.1) is 11.3 Å². The van der Waals surface area contributed by atoms with E-state index in [4.69, 9.17) is 0 Å². The molecule has 1 aliphatic rings. The van der Waals surface area contributed by atoms with Crippen molar-refractivity contribution in [1.82, 2.24) is 10.3 Å². The molecule has 20 heavy (non-hydrogen) atoms. The molecule has 3 nitrogen and oxygen atoms in total. The molecule has 1 fully saturated rings. The molecule has 1 N–H and O–H groups in total. The highest BCUT2D eigenvalue weighted by Crippen LogP contribution is 2.28. The lowest BCUT2D eigenvalue weighted by Crippen LogP contribution is -2.39. The quantitative estimate of drug-likeness (QED) is 0.939. The maximum Gasteiger partial charge on any atom is 0.263 e. The van der Waals surface area contributed by atoms with Crippen LogP contribution < -0.4 is 5.32 Å². The molecule has 0 radical (unpaired) electrons. The third-order valence-corrected chi connectivity index (χ3v) is 4.74. The molecule has 1 aromatic heterocycles. The minimum absolute atomic E-state index is 0.0435. The lowest BCUT2D eigenvalue weighted by atomic mass is 9.93. The van der Waals surface area contributed by atoms with Gasteiger partial charge < -0.3 is 5.32 Å². The first kappa shape index (κ1) is 13.2. The number of amides is 1. The van der Waals surface area contributed by atoms with Gasteiger partial charge in [-0.2, -0.15) is 0 Å². The molecular formula is C15H15FN2OS. The second kappa shape index (κ2) is 5.32. The number of nitrogens with one attached hydrogen (secondary N) is 1. The molecular weight excluding hydrogens is 275 g/mol. The number of aromatic nitrogens is 1. The van der Waals surface area contributed by atoms with E-state index in [2.05, 4.69) is 10.3 Å².